The molecule has 2 aromatic carbocycles. The Labute approximate surface area is 229 Å². The second kappa shape index (κ2) is 12.3. The van der Waals surface area contributed by atoms with Crippen LogP contribution in [0.4, 0.5) is 10.5 Å². The highest BCUT2D eigenvalue weighted by atomic mass is 35.5. The lowest BCUT2D eigenvalue weighted by atomic mass is 9.99. The van der Waals surface area contributed by atoms with Gasteiger partial charge in [0.2, 0.25) is 10.0 Å². The number of benzene rings is 2. The van der Waals surface area contributed by atoms with E-state index in [0.29, 0.717) is 10.7 Å². The zero-order chi connectivity index (χ0) is 28.2. The number of urea groups is 1. The summed E-state index contributed by atoms with van der Waals surface area (Å²) in [6, 6.07) is 9.65. The SMILES string of the molecule is CC(C)NC(=O)Nc1ccc2c(c1)C(=O)N([C@H](C)CO)C[C@@H](C)[C@H](CN(C)S(=O)(=O)c1ccc(Cl)cc1)O2. The van der Waals surface area contributed by atoms with Crippen molar-refractivity contribution in [3.05, 3.63) is 53.1 Å². The van der Waals surface area contributed by atoms with Gasteiger partial charge in [0.15, 0.2) is 0 Å². The summed E-state index contributed by atoms with van der Waals surface area (Å²) in [6.07, 6.45) is -0.620. The number of aliphatic hydroxyl groups is 1. The first-order chi connectivity index (χ1) is 17.8. The van der Waals surface area contributed by atoms with Crippen LogP contribution in [-0.4, -0.2) is 79.6 Å². The molecule has 1 aliphatic rings. The average Bonchev–Trinajstić information content (AvgIpc) is 2.85. The highest BCUT2D eigenvalue weighted by Crippen LogP contribution is 2.31. The molecular weight excluding hydrogens is 532 g/mol. The summed E-state index contributed by atoms with van der Waals surface area (Å²) in [5.74, 6) is -0.380. The monoisotopic (exact) mass is 566 g/mol. The van der Waals surface area contributed by atoms with Crippen LogP contribution in [0.25, 0.3) is 0 Å². The number of ether oxygens (including phenoxy) is 1. The van der Waals surface area contributed by atoms with Gasteiger partial charge in [-0.05, 0) is 63.2 Å². The Hall–Kier alpha value is -2.86. The Morgan fingerprint density at radius 3 is 2.47 bits per heavy atom. The van der Waals surface area contributed by atoms with E-state index >= 15 is 0 Å². The average molecular weight is 567 g/mol. The van der Waals surface area contributed by atoms with E-state index in [-0.39, 0.29) is 53.8 Å². The van der Waals surface area contributed by atoms with Crippen molar-refractivity contribution < 1.29 is 27.9 Å². The molecule has 0 saturated carbocycles. The van der Waals surface area contributed by atoms with E-state index in [4.69, 9.17) is 16.3 Å². The highest BCUT2D eigenvalue weighted by Gasteiger charge is 2.35. The first kappa shape index (κ1) is 29.7. The van der Waals surface area contributed by atoms with Gasteiger partial charge in [-0.3, -0.25) is 4.79 Å². The van der Waals surface area contributed by atoms with Crippen LogP contribution in [0.3, 0.4) is 0 Å². The lowest BCUT2D eigenvalue weighted by molar-refractivity contribution is 0.0387. The molecule has 10 nitrogen and oxygen atoms in total. The molecule has 0 bridgehead atoms. The first-order valence-electron chi connectivity index (χ1n) is 12.4. The fourth-order valence-electron chi connectivity index (χ4n) is 4.09. The van der Waals surface area contributed by atoms with E-state index in [1.807, 2.05) is 20.8 Å². The Kier molecular flexibility index (Phi) is 9.64. The van der Waals surface area contributed by atoms with Crippen molar-refractivity contribution in [1.82, 2.24) is 14.5 Å². The van der Waals surface area contributed by atoms with Crippen LogP contribution in [0.2, 0.25) is 5.02 Å². The Balaban J connectivity index is 1.94. The summed E-state index contributed by atoms with van der Waals surface area (Å²) in [6.45, 7) is 7.25. The van der Waals surface area contributed by atoms with Crippen LogP contribution in [0.15, 0.2) is 47.4 Å². The number of carbonyl (C=O) groups is 2. The Morgan fingerprint density at radius 2 is 1.87 bits per heavy atom. The van der Waals surface area contributed by atoms with Gasteiger partial charge in [0.25, 0.3) is 5.91 Å². The quantitative estimate of drug-likeness (QED) is 0.449. The molecule has 0 aromatic heterocycles. The molecule has 3 N–H and O–H groups in total. The van der Waals surface area contributed by atoms with Gasteiger partial charge in [-0.15, -0.1) is 0 Å². The number of hydrogen-bond acceptors (Lipinski definition) is 6. The maximum atomic E-state index is 13.5. The summed E-state index contributed by atoms with van der Waals surface area (Å²) in [5.41, 5.74) is 0.593. The fourth-order valence-corrected chi connectivity index (χ4v) is 5.39. The molecule has 12 heteroatoms. The van der Waals surface area contributed by atoms with Crippen molar-refractivity contribution in [2.24, 2.45) is 5.92 Å². The minimum absolute atomic E-state index is 0.0118. The van der Waals surface area contributed by atoms with E-state index < -0.39 is 28.2 Å². The van der Waals surface area contributed by atoms with Gasteiger partial charge in [0.1, 0.15) is 11.9 Å². The molecule has 1 heterocycles. The summed E-state index contributed by atoms with van der Waals surface area (Å²) in [4.78, 5) is 27.4. The number of fused-ring (bicyclic) bond motifs is 1. The molecule has 38 heavy (non-hydrogen) atoms. The smallest absolute Gasteiger partial charge is 0.319 e. The van der Waals surface area contributed by atoms with E-state index in [1.54, 1.807) is 24.0 Å². The lowest BCUT2D eigenvalue weighted by Gasteiger charge is -2.38. The third-order valence-corrected chi connectivity index (χ3v) is 8.39. The molecular formula is C26H35ClN4O6S. The second-order valence-corrected chi connectivity index (χ2v) is 12.3. The third-order valence-electron chi connectivity index (χ3n) is 6.30. The molecule has 3 amide bonds. The maximum Gasteiger partial charge on any atom is 0.319 e. The van der Waals surface area contributed by atoms with Crippen LogP contribution in [0, 0.1) is 5.92 Å². The molecule has 0 unspecified atom stereocenters. The van der Waals surface area contributed by atoms with Gasteiger partial charge >= 0.3 is 6.03 Å². The number of amides is 3. The summed E-state index contributed by atoms with van der Waals surface area (Å²) >= 11 is 5.92. The van der Waals surface area contributed by atoms with Crippen molar-refractivity contribution in [1.29, 1.82) is 0 Å². The van der Waals surface area contributed by atoms with Crippen molar-refractivity contribution in [2.45, 2.75) is 50.8 Å². The van der Waals surface area contributed by atoms with Crippen molar-refractivity contribution in [3.63, 3.8) is 0 Å². The van der Waals surface area contributed by atoms with Gasteiger partial charge in [0.05, 0.1) is 29.7 Å². The van der Waals surface area contributed by atoms with E-state index in [0.717, 1.165) is 0 Å². The zero-order valence-corrected chi connectivity index (χ0v) is 23.7. The number of anilines is 1. The standard InChI is InChI=1S/C26H35ClN4O6S/c1-16(2)28-26(34)29-20-8-11-23-22(12-20)25(33)31(18(4)15-32)13-17(3)24(37-23)14-30(5)38(35,36)21-9-6-19(27)7-10-21/h6-12,16-18,24,32H,13-15H2,1-5H3,(H2,28,29,34)/t17-,18-,24+/m1/s1. The highest BCUT2D eigenvalue weighted by molar-refractivity contribution is 7.89. The Bertz CT molecular complexity index is 1250. The topological polar surface area (TPSA) is 128 Å². The number of nitrogens with one attached hydrogen (secondary N) is 2. The van der Waals surface area contributed by atoms with Gasteiger partial charge in [-0.1, -0.05) is 18.5 Å². The minimum atomic E-state index is -3.83. The van der Waals surface area contributed by atoms with Gasteiger partial charge < -0.3 is 25.4 Å². The van der Waals surface area contributed by atoms with Gasteiger partial charge in [0, 0.05) is 36.3 Å². The van der Waals surface area contributed by atoms with Crippen molar-refractivity contribution in [3.8, 4) is 5.75 Å². The Morgan fingerprint density at radius 1 is 1.21 bits per heavy atom. The normalized spacial score (nSPS) is 18.9. The predicted octanol–water partition coefficient (Wildman–Crippen LogP) is 3.41. The zero-order valence-electron chi connectivity index (χ0n) is 22.1. The maximum absolute atomic E-state index is 13.5. The number of sulfonamides is 1. The molecule has 1 aliphatic heterocycles. The van der Waals surface area contributed by atoms with Crippen LogP contribution < -0.4 is 15.4 Å². The number of rotatable bonds is 8. The van der Waals surface area contributed by atoms with Gasteiger partial charge in [-0.2, -0.15) is 4.31 Å². The molecule has 2 aromatic rings. The summed E-state index contributed by atoms with van der Waals surface area (Å²) < 4.78 is 33.9. The van der Waals surface area contributed by atoms with Gasteiger partial charge in [-0.25, -0.2) is 13.2 Å². The van der Waals surface area contributed by atoms with Crippen molar-refractivity contribution >= 4 is 39.2 Å². The van der Waals surface area contributed by atoms with E-state index in [9.17, 15) is 23.1 Å². The van der Waals surface area contributed by atoms with Crippen LogP contribution >= 0.6 is 11.6 Å². The number of halogens is 1. The minimum Gasteiger partial charge on any atom is -0.488 e. The molecule has 0 aliphatic carbocycles. The first-order valence-corrected chi connectivity index (χ1v) is 14.2. The number of hydrogen-bond donors (Lipinski definition) is 3. The van der Waals surface area contributed by atoms with Crippen LogP contribution in [-0.2, 0) is 10.0 Å². The molecule has 0 fully saturated rings. The largest absolute Gasteiger partial charge is 0.488 e. The molecule has 0 radical (unpaired) electrons. The van der Waals surface area contributed by atoms with E-state index in [1.165, 1.54) is 41.7 Å². The molecule has 0 saturated heterocycles. The summed E-state index contributed by atoms with van der Waals surface area (Å²) in [5, 5.41) is 15.7. The van der Waals surface area contributed by atoms with Crippen LogP contribution in [0.5, 0.6) is 5.75 Å². The van der Waals surface area contributed by atoms with Crippen molar-refractivity contribution in [2.75, 3.05) is 32.1 Å². The van der Waals surface area contributed by atoms with Crippen LogP contribution in [0.1, 0.15) is 38.1 Å². The summed E-state index contributed by atoms with van der Waals surface area (Å²) in [7, 11) is -2.36. The number of carbonyl (C=O) groups excluding carboxylic acids is 2. The lowest BCUT2D eigenvalue weighted by Crippen LogP contribution is -2.50. The third kappa shape index (κ3) is 6.96. The number of aliphatic hydroxyl groups excluding tert-OH is 1. The predicted molar refractivity (Wildman–Crippen MR) is 146 cm³/mol. The number of nitrogens with zero attached hydrogens (tertiary/aromatic N) is 2. The molecule has 0 spiro atoms. The fraction of sp³-hybridized carbons (Fsp3) is 0.462. The molecule has 3 atom stereocenters. The molecule has 208 valence electrons. The number of likely N-dealkylation sites (N-methyl/N-ethyl adjacent to an activating group) is 1. The van der Waals surface area contributed by atoms with E-state index in [2.05, 4.69) is 10.6 Å². The second-order valence-electron chi connectivity index (χ2n) is 9.83. The molecule has 3 rings (SSSR count).